The number of H-pyrrole nitrogens is 1. The monoisotopic (exact) mass is 281 g/mol. The van der Waals surface area contributed by atoms with Crippen LogP contribution in [0.1, 0.15) is 63.7 Å². The summed E-state index contributed by atoms with van der Waals surface area (Å²) in [7, 11) is 0. The van der Waals surface area contributed by atoms with E-state index < -0.39 is 0 Å². The highest BCUT2D eigenvalue weighted by molar-refractivity contribution is 5.77. The summed E-state index contributed by atoms with van der Waals surface area (Å²) in [6, 6.07) is -0.193. The van der Waals surface area contributed by atoms with E-state index in [4.69, 9.17) is 4.74 Å². The number of hydrogen-bond acceptors (Lipinski definition) is 5. The summed E-state index contributed by atoms with van der Waals surface area (Å²) in [6.45, 7) is 2.17. The second-order valence-corrected chi connectivity index (χ2v) is 5.25. The van der Waals surface area contributed by atoms with Gasteiger partial charge in [-0.1, -0.05) is 37.8 Å². The van der Waals surface area contributed by atoms with Gasteiger partial charge in [0.25, 0.3) is 0 Å². The number of aromatic amines is 1. The van der Waals surface area contributed by atoms with E-state index in [2.05, 4.69) is 32.9 Å². The summed E-state index contributed by atoms with van der Waals surface area (Å²) in [5, 5.41) is 16.7. The molecule has 1 amide bonds. The minimum absolute atomic E-state index is 0.112. The number of aromatic nitrogens is 4. The van der Waals surface area contributed by atoms with Gasteiger partial charge in [-0.25, -0.2) is 0 Å². The second kappa shape index (κ2) is 7.94. The molecule has 0 spiro atoms. The number of rotatable bonds is 7. The van der Waals surface area contributed by atoms with Gasteiger partial charge < -0.3 is 10.1 Å². The summed E-state index contributed by atoms with van der Waals surface area (Å²) in [5.74, 6) is 0.414. The van der Waals surface area contributed by atoms with Crippen molar-refractivity contribution in [2.75, 3.05) is 6.61 Å². The van der Waals surface area contributed by atoms with Crippen LogP contribution >= 0.6 is 0 Å². The molecule has 0 aromatic carbocycles. The molecule has 0 radical (unpaired) electrons. The maximum atomic E-state index is 11.9. The van der Waals surface area contributed by atoms with Crippen LogP contribution in [0.25, 0.3) is 0 Å². The quantitative estimate of drug-likeness (QED) is 0.790. The predicted molar refractivity (Wildman–Crippen MR) is 72.8 cm³/mol. The van der Waals surface area contributed by atoms with Crippen molar-refractivity contribution in [1.29, 1.82) is 0 Å². The molecule has 0 bridgehead atoms. The van der Waals surface area contributed by atoms with Gasteiger partial charge in [-0.05, 0) is 19.3 Å². The van der Waals surface area contributed by atoms with Crippen molar-refractivity contribution in [3.05, 3.63) is 5.82 Å². The molecule has 1 saturated carbocycles. The first-order valence-corrected chi connectivity index (χ1v) is 7.44. The van der Waals surface area contributed by atoms with Gasteiger partial charge in [-0.2, -0.15) is 5.21 Å². The number of ether oxygens (including phenoxy) is 1. The maximum absolute atomic E-state index is 11.9. The average Bonchev–Trinajstić information content (AvgIpc) is 3.00. The van der Waals surface area contributed by atoms with E-state index >= 15 is 0 Å². The molecule has 1 aromatic heterocycles. The third-order valence-electron chi connectivity index (χ3n) is 3.59. The van der Waals surface area contributed by atoms with E-state index in [0.717, 1.165) is 25.7 Å². The Morgan fingerprint density at radius 3 is 2.90 bits per heavy atom. The van der Waals surface area contributed by atoms with Crippen molar-refractivity contribution in [3.63, 3.8) is 0 Å². The maximum Gasteiger partial charge on any atom is 0.246 e. The smallest absolute Gasteiger partial charge is 0.246 e. The van der Waals surface area contributed by atoms with Crippen molar-refractivity contribution in [3.8, 4) is 0 Å². The molecule has 1 atom stereocenters. The number of amides is 1. The zero-order chi connectivity index (χ0) is 14.2. The molecule has 0 unspecified atom stereocenters. The summed E-state index contributed by atoms with van der Waals surface area (Å²) in [4.78, 5) is 11.9. The van der Waals surface area contributed by atoms with Gasteiger partial charge in [0, 0.05) is 0 Å². The predicted octanol–water partition coefficient (Wildman–Crippen LogP) is 1.51. The Bertz CT molecular complexity index is 389. The highest BCUT2D eigenvalue weighted by Crippen LogP contribution is 2.20. The van der Waals surface area contributed by atoms with Crippen LogP contribution < -0.4 is 5.32 Å². The molecule has 7 heteroatoms. The molecule has 0 aliphatic heterocycles. The molecule has 2 rings (SSSR count). The van der Waals surface area contributed by atoms with Crippen molar-refractivity contribution in [2.24, 2.45) is 0 Å². The van der Waals surface area contributed by atoms with Gasteiger partial charge in [-0.3, -0.25) is 4.79 Å². The summed E-state index contributed by atoms with van der Waals surface area (Å²) in [6.07, 6.45) is 7.78. The molecule has 1 aliphatic carbocycles. The van der Waals surface area contributed by atoms with Gasteiger partial charge >= 0.3 is 0 Å². The fraction of sp³-hybridized carbons (Fsp3) is 0.846. The lowest BCUT2D eigenvalue weighted by atomic mass is 9.98. The molecule has 1 aliphatic rings. The van der Waals surface area contributed by atoms with E-state index in [1.807, 2.05) is 0 Å². The number of carbonyl (C=O) groups is 1. The fourth-order valence-corrected chi connectivity index (χ4v) is 2.53. The first-order chi connectivity index (χ1) is 9.79. The third kappa shape index (κ3) is 4.56. The molecule has 0 saturated heterocycles. The zero-order valence-corrected chi connectivity index (χ0v) is 12.0. The van der Waals surface area contributed by atoms with Crippen molar-refractivity contribution >= 4 is 5.91 Å². The standard InChI is InChI=1S/C13H23N5O2/c1-2-6-11(13-15-17-18-16-13)14-12(19)9-20-10-7-4-3-5-8-10/h10-11H,2-9H2,1H3,(H,14,19)(H,15,16,17,18)/t11-/m0/s1. The van der Waals surface area contributed by atoms with Crippen LogP contribution in [0.5, 0.6) is 0 Å². The Labute approximate surface area is 118 Å². The van der Waals surface area contributed by atoms with Gasteiger partial charge in [-0.15, -0.1) is 10.2 Å². The van der Waals surface area contributed by atoms with Crippen LogP contribution in [0, 0.1) is 0 Å². The van der Waals surface area contributed by atoms with Crippen molar-refractivity contribution < 1.29 is 9.53 Å². The van der Waals surface area contributed by atoms with Crippen LogP contribution in [0.4, 0.5) is 0 Å². The number of carbonyl (C=O) groups excluding carboxylic acids is 1. The molecular formula is C13H23N5O2. The minimum Gasteiger partial charge on any atom is -0.368 e. The molecule has 1 aromatic rings. The van der Waals surface area contributed by atoms with E-state index in [0.29, 0.717) is 5.82 Å². The third-order valence-corrected chi connectivity index (χ3v) is 3.59. The largest absolute Gasteiger partial charge is 0.368 e. The second-order valence-electron chi connectivity index (χ2n) is 5.25. The zero-order valence-electron chi connectivity index (χ0n) is 12.0. The normalized spacial score (nSPS) is 17.9. The van der Waals surface area contributed by atoms with Crippen LogP contribution in [0.2, 0.25) is 0 Å². The van der Waals surface area contributed by atoms with Crippen LogP contribution in [-0.2, 0) is 9.53 Å². The number of nitrogens with zero attached hydrogens (tertiary/aromatic N) is 3. The Hall–Kier alpha value is -1.50. The van der Waals surface area contributed by atoms with Gasteiger partial charge in [0.05, 0.1) is 12.1 Å². The van der Waals surface area contributed by atoms with Crippen molar-refractivity contribution in [1.82, 2.24) is 25.9 Å². The molecule has 20 heavy (non-hydrogen) atoms. The van der Waals surface area contributed by atoms with Crippen LogP contribution in [0.3, 0.4) is 0 Å². The lowest BCUT2D eigenvalue weighted by Crippen LogP contribution is -2.34. The first-order valence-electron chi connectivity index (χ1n) is 7.44. The summed E-state index contributed by atoms with van der Waals surface area (Å²) >= 11 is 0. The molecule has 112 valence electrons. The Morgan fingerprint density at radius 1 is 1.45 bits per heavy atom. The van der Waals surface area contributed by atoms with E-state index in [1.165, 1.54) is 19.3 Å². The van der Waals surface area contributed by atoms with Crippen LogP contribution in [0.15, 0.2) is 0 Å². The van der Waals surface area contributed by atoms with E-state index in [9.17, 15) is 4.79 Å². The molecule has 2 N–H and O–H groups in total. The fourth-order valence-electron chi connectivity index (χ4n) is 2.53. The number of tetrazole rings is 1. The Balaban J connectivity index is 1.76. The first kappa shape index (κ1) is 14.9. The molecule has 1 heterocycles. The highest BCUT2D eigenvalue weighted by Gasteiger charge is 2.19. The summed E-state index contributed by atoms with van der Waals surface area (Å²) < 4.78 is 5.66. The SMILES string of the molecule is CCC[C@H](NC(=O)COC1CCCCC1)c1nn[nH]n1. The lowest BCUT2D eigenvalue weighted by molar-refractivity contribution is -0.129. The molecule has 7 nitrogen and oxygen atoms in total. The van der Waals surface area contributed by atoms with Gasteiger partial charge in [0.15, 0.2) is 5.82 Å². The molecular weight excluding hydrogens is 258 g/mol. The van der Waals surface area contributed by atoms with Gasteiger partial charge in [0.2, 0.25) is 5.91 Å². The summed E-state index contributed by atoms with van der Waals surface area (Å²) in [5.41, 5.74) is 0. The van der Waals surface area contributed by atoms with Gasteiger partial charge in [0.1, 0.15) is 6.61 Å². The Morgan fingerprint density at radius 2 is 2.25 bits per heavy atom. The number of hydrogen-bond donors (Lipinski definition) is 2. The highest BCUT2D eigenvalue weighted by atomic mass is 16.5. The average molecular weight is 281 g/mol. The lowest BCUT2D eigenvalue weighted by Gasteiger charge is -2.22. The van der Waals surface area contributed by atoms with E-state index in [-0.39, 0.29) is 24.7 Å². The Kier molecular flexibility index (Phi) is 5.91. The topological polar surface area (TPSA) is 92.8 Å². The molecule has 1 fully saturated rings. The number of nitrogens with one attached hydrogen (secondary N) is 2. The van der Waals surface area contributed by atoms with E-state index in [1.54, 1.807) is 0 Å². The van der Waals surface area contributed by atoms with Crippen molar-refractivity contribution in [2.45, 2.75) is 64.0 Å². The van der Waals surface area contributed by atoms with Crippen LogP contribution in [-0.4, -0.2) is 39.2 Å². The minimum atomic E-state index is -0.193.